The number of hydrogen-bond donors (Lipinski definition) is 1. The van der Waals surface area contributed by atoms with Gasteiger partial charge in [0.25, 0.3) is 0 Å². The van der Waals surface area contributed by atoms with Crippen molar-refractivity contribution in [1.29, 1.82) is 0 Å². The van der Waals surface area contributed by atoms with Gasteiger partial charge in [0.15, 0.2) is 0 Å². The van der Waals surface area contributed by atoms with E-state index >= 15 is 0 Å². The predicted octanol–water partition coefficient (Wildman–Crippen LogP) is 2.06. The lowest BCUT2D eigenvalue weighted by Crippen LogP contribution is -2.34. The molecule has 0 saturated carbocycles. The van der Waals surface area contributed by atoms with Gasteiger partial charge in [-0.05, 0) is 42.7 Å². The van der Waals surface area contributed by atoms with E-state index in [1.807, 2.05) is 6.26 Å². The molecule has 6 nitrogen and oxygen atoms in total. The molecular weight excluding hydrogens is 334 g/mol. The second-order valence-corrected chi connectivity index (χ2v) is 7.65. The van der Waals surface area contributed by atoms with Crippen LogP contribution in [0.25, 0.3) is 0 Å². The first kappa shape index (κ1) is 17.5. The van der Waals surface area contributed by atoms with Gasteiger partial charge in [-0.2, -0.15) is 4.31 Å². The van der Waals surface area contributed by atoms with E-state index in [4.69, 9.17) is 0 Å². The number of pyridine rings is 1. The van der Waals surface area contributed by atoms with E-state index in [1.165, 1.54) is 37.1 Å². The third-order valence-corrected chi connectivity index (χ3v) is 5.64. The summed E-state index contributed by atoms with van der Waals surface area (Å²) in [5, 5.41) is 2.60. The molecule has 0 aliphatic rings. The number of carbonyl (C=O) groups is 1. The molecule has 2 rings (SSSR count). The van der Waals surface area contributed by atoms with Crippen molar-refractivity contribution in [2.75, 3.05) is 25.2 Å². The van der Waals surface area contributed by atoms with Gasteiger partial charge in [0, 0.05) is 18.1 Å². The molecule has 0 aliphatic heterocycles. The van der Waals surface area contributed by atoms with Crippen LogP contribution in [-0.2, 0) is 14.8 Å². The lowest BCUT2D eigenvalue weighted by Gasteiger charge is -2.17. The average Bonchev–Trinajstić information content (AvgIpc) is 2.55. The first-order valence-electron chi connectivity index (χ1n) is 6.74. The van der Waals surface area contributed by atoms with Crippen LogP contribution < -0.4 is 5.32 Å². The van der Waals surface area contributed by atoms with Crippen molar-refractivity contribution in [3.8, 4) is 0 Å². The van der Waals surface area contributed by atoms with Gasteiger partial charge in [0.2, 0.25) is 15.9 Å². The quantitative estimate of drug-likeness (QED) is 0.806. The number of benzene rings is 1. The molecule has 0 radical (unpaired) electrons. The molecule has 1 aromatic carbocycles. The van der Waals surface area contributed by atoms with Crippen LogP contribution in [0.15, 0.2) is 58.6 Å². The first-order chi connectivity index (χ1) is 10.9. The van der Waals surface area contributed by atoms with Crippen molar-refractivity contribution in [2.24, 2.45) is 0 Å². The number of anilines is 1. The molecule has 8 heteroatoms. The van der Waals surface area contributed by atoms with Gasteiger partial charge < -0.3 is 5.32 Å². The summed E-state index contributed by atoms with van der Waals surface area (Å²) >= 11 is 1.53. The summed E-state index contributed by atoms with van der Waals surface area (Å²) < 4.78 is 25.9. The van der Waals surface area contributed by atoms with Crippen molar-refractivity contribution in [1.82, 2.24) is 9.29 Å². The number of amides is 1. The third kappa shape index (κ3) is 4.54. The van der Waals surface area contributed by atoms with Crippen LogP contribution in [0.2, 0.25) is 0 Å². The summed E-state index contributed by atoms with van der Waals surface area (Å²) in [6, 6.07) is 9.92. The molecule has 1 amide bonds. The Morgan fingerprint density at radius 3 is 2.52 bits per heavy atom. The van der Waals surface area contributed by atoms with E-state index in [0.29, 0.717) is 5.69 Å². The van der Waals surface area contributed by atoms with Gasteiger partial charge in [0.05, 0.1) is 23.3 Å². The molecule has 0 aliphatic carbocycles. The smallest absolute Gasteiger partial charge is 0.243 e. The van der Waals surface area contributed by atoms with Crippen LogP contribution in [0.3, 0.4) is 0 Å². The van der Waals surface area contributed by atoms with Crippen LogP contribution in [0.4, 0.5) is 5.69 Å². The van der Waals surface area contributed by atoms with Crippen LogP contribution in [-0.4, -0.2) is 43.5 Å². The topological polar surface area (TPSA) is 79.4 Å². The van der Waals surface area contributed by atoms with E-state index in [9.17, 15) is 13.2 Å². The third-order valence-electron chi connectivity index (χ3n) is 3.08. The minimum atomic E-state index is -3.70. The molecule has 1 N–H and O–H groups in total. The fraction of sp³-hybridized carbons (Fsp3) is 0.200. The number of hydrogen-bond acceptors (Lipinski definition) is 5. The fourth-order valence-corrected chi connectivity index (χ4v) is 3.39. The molecule has 0 spiro atoms. The Kier molecular flexibility index (Phi) is 5.75. The summed E-state index contributed by atoms with van der Waals surface area (Å²) in [6.07, 6.45) is 5.00. The average molecular weight is 351 g/mol. The fourth-order valence-electron chi connectivity index (χ4n) is 1.85. The molecule has 0 atom stereocenters. The maximum atomic E-state index is 12.4. The lowest BCUT2D eigenvalue weighted by atomic mass is 10.4. The molecule has 23 heavy (non-hydrogen) atoms. The summed E-state index contributed by atoms with van der Waals surface area (Å²) in [5.41, 5.74) is 0.521. The van der Waals surface area contributed by atoms with Crippen molar-refractivity contribution in [2.45, 2.75) is 9.79 Å². The van der Waals surface area contributed by atoms with E-state index in [1.54, 1.807) is 30.5 Å². The van der Waals surface area contributed by atoms with Crippen LogP contribution >= 0.6 is 11.8 Å². The number of rotatable bonds is 6. The van der Waals surface area contributed by atoms with Gasteiger partial charge in [-0.15, -0.1) is 11.8 Å². The molecule has 0 saturated heterocycles. The van der Waals surface area contributed by atoms with Crippen molar-refractivity contribution >= 4 is 33.4 Å². The standard InChI is InChI=1S/C15H17N3O3S2/c1-18(11-15(19)17-12-4-3-9-16-10-12)23(20,21)14-7-5-13(22-2)6-8-14/h3-10H,11H2,1-2H3,(H,17,19). The van der Waals surface area contributed by atoms with Crippen molar-refractivity contribution in [3.63, 3.8) is 0 Å². The molecule has 0 fully saturated rings. The second-order valence-electron chi connectivity index (χ2n) is 4.73. The zero-order chi connectivity index (χ0) is 16.9. The van der Waals surface area contributed by atoms with E-state index < -0.39 is 15.9 Å². The van der Waals surface area contributed by atoms with Crippen molar-refractivity contribution < 1.29 is 13.2 Å². The zero-order valence-corrected chi connectivity index (χ0v) is 14.4. The second kappa shape index (κ2) is 7.58. The number of carbonyl (C=O) groups excluding carboxylic acids is 1. The summed E-state index contributed by atoms with van der Waals surface area (Å²) in [6.45, 7) is -0.276. The number of likely N-dealkylation sites (N-methyl/N-ethyl adjacent to an activating group) is 1. The van der Waals surface area contributed by atoms with E-state index in [0.717, 1.165) is 9.20 Å². The maximum absolute atomic E-state index is 12.4. The van der Waals surface area contributed by atoms with Crippen LogP contribution in [0.1, 0.15) is 0 Å². The minimum absolute atomic E-state index is 0.159. The Balaban J connectivity index is 2.05. The number of nitrogens with one attached hydrogen (secondary N) is 1. The highest BCUT2D eigenvalue weighted by Crippen LogP contribution is 2.19. The molecule has 122 valence electrons. The summed E-state index contributed by atoms with van der Waals surface area (Å²) in [5.74, 6) is -0.426. The van der Waals surface area contributed by atoms with Gasteiger partial charge in [-0.3, -0.25) is 9.78 Å². The number of nitrogens with zero attached hydrogens (tertiary/aromatic N) is 2. The Hall–Kier alpha value is -1.90. The zero-order valence-electron chi connectivity index (χ0n) is 12.8. The van der Waals surface area contributed by atoms with Crippen LogP contribution in [0.5, 0.6) is 0 Å². The van der Waals surface area contributed by atoms with Gasteiger partial charge >= 0.3 is 0 Å². The van der Waals surface area contributed by atoms with E-state index in [2.05, 4.69) is 10.3 Å². The summed E-state index contributed by atoms with van der Waals surface area (Å²) in [4.78, 5) is 17.0. The Morgan fingerprint density at radius 1 is 1.26 bits per heavy atom. The van der Waals surface area contributed by atoms with Crippen molar-refractivity contribution in [3.05, 3.63) is 48.8 Å². The Morgan fingerprint density at radius 2 is 1.96 bits per heavy atom. The number of sulfonamides is 1. The minimum Gasteiger partial charge on any atom is -0.324 e. The largest absolute Gasteiger partial charge is 0.324 e. The molecular formula is C15H17N3O3S2. The monoisotopic (exact) mass is 351 g/mol. The first-order valence-corrected chi connectivity index (χ1v) is 9.40. The van der Waals surface area contributed by atoms with Gasteiger partial charge in [0.1, 0.15) is 0 Å². The number of aromatic nitrogens is 1. The predicted molar refractivity (Wildman–Crippen MR) is 90.9 cm³/mol. The van der Waals surface area contributed by atoms with Gasteiger partial charge in [-0.25, -0.2) is 8.42 Å². The highest BCUT2D eigenvalue weighted by Gasteiger charge is 2.22. The molecule has 0 bridgehead atoms. The maximum Gasteiger partial charge on any atom is 0.243 e. The Labute approximate surface area is 140 Å². The van der Waals surface area contributed by atoms with Gasteiger partial charge in [-0.1, -0.05) is 0 Å². The van der Waals surface area contributed by atoms with E-state index in [-0.39, 0.29) is 11.4 Å². The normalized spacial score (nSPS) is 11.4. The lowest BCUT2D eigenvalue weighted by molar-refractivity contribution is -0.116. The molecule has 1 aromatic heterocycles. The highest BCUT2D eigenvalue weighted by molar-refractivity contribution is 7.98. The molecule has 2 aromatic rings. The molecule has 0 unspecified atom stereocenters. The Bertz CT molecular complexity index is 762. The molecule has 1 heterocycles. The van der Waals surface area contributed by atoms with Crippen LogP contribution in [0, 0.1) is 0 Å². The summed E-state index contributed by atoms with van der Waals surface area (Å²) in [7, 11) is -2.33. The highest BCUT2D eigenvalue weighted by atomic mass is 32.2. The number of thioether (sulfide) groups is 1. The SMILES string of the molecule is CSc1ccc(S(=O)(=O)N(C)CC(=O)Nc2cccnc2)cc1.